The molecule has 2 aromatic carbocycles. The van der Waals surface area contributed by atoms with E-state index in [4.69, 9.17) is 15.9 Å². The summed E-state index contributed by atoms with van der Waals surface area (Å²) in [5.74, 6) is -1.55. The minimum atomic E-state index is -0.974. The Hall–Kier alpha value is -3.93. The van der Waals surface area contributed by atoms with Gasteiger partial charge in [0.15, 0.2) is 11.8 Å². The van der Waals surface area contributed by atoms with Gasteiger partial charge in [-0.05, 0) is 35.8 Å². The number of nitrogens with two attached hydrogens (primary N) is 1. The first-order chi connectivity index (χ1) is 14.4. The quantitative estimate of drug-likeness (QED) is 0.528. The highest BCUT2D eigenvalue weighted by Gasteiger charge is 2.22. The summed E-state index contributed by atoms with van der Waals surface area (Å²) in [4.78, 5) is 13.2. The molecule has 0 aliphatic carbocycles. The third-order valence-corrected chi connectivity index (χ3v) is 4.65. The van der Waals surface area contributed by atoms with Crippen LogP contribution in [-0.4, -0.2) is 25.1 Å². The lowest BCUT2D eigenvalue weighted by Crippen LogP contribution is -2.36. The highest BCUT2D eigenvalue weighted by atomic mass is 19.1. The van der Waals surface area contributed by atoms with Crippen LogP contribution in [0.2, 0.25) is 0 Å². The number of benzene rings is 2. The van der Waals surface area contributed by atoms with Crippen molar-refractivity contribution in [1.29, 1.82) is 10.7 Å². The van der Waals surface area contributed by atoms with Crippen molar-refractivity contribution in [3.63, 3.8) is 0 Å². The molecule has 0 radical (unpaired) electrons. The number of hydrogen-bond acceptors (Lipinski definition) is 5. The van der Waals surface area contributed by atoms with Crippen LogP contribution in [0.5, 0.6) is 0 Å². The van der Waals surface area contributed by atoms with Crippen molar-refractivity contribution < 1.29 is 18.3 Å². The van der Waals surface area contributed by atoms with Gasteiger partial charge in [-0.25, -0.2) is 13.6 Å². The van der Waals surface area contributed by atoms with E-state index in [0.717, 1.165) is 11.1 Å². The SMILES string of the molecule is N#Cc1ccc(COC(=O)NC(=N)N)c(F)c1N1CC=C(c2ccc(F)cc2)CC1. The largest absolute Gasteiger partial charge is 0.444 e. The molecule has 0 saturated carbocycles. The molecule has 0 aromatic heterocycles. The Kier molecular flexibility index (Phi) is 6.27. The normalized spacial score (nSPS) is 13.2. The number of amides is 1. The van der Waals surface area contributed by atoms with Crippen molar-refractivity contribution in [3.05, 3.63) is 70.8 Å². The van der Waals surface area contributed by atoms with Crippen LogP contribution in [0.15, 0.2) is 42.5 Å². The maximum absolute atomic E-state index is 15.1. The number of rotatable bonds is 4. The summed E-state index contributed by atoms with van der Waals surface area (Å²) in [7, 11) is 0. The zero-order valence-corrected chi connectivity index (χ0v) is 15.9. The number of anilines is 1. The third-order valence-electron chi connectivity index (χ3n) is 4.65. The maximum atomic E-state index is 15.1. The van der Waals surface area contributed by atoms with Crippen LogP contribution in [-0.2, 0) is 11.3 Å². The average molecular weight is 411 g/mol. The van der Waals surface area contributed by atoms with Crippen LogP contribution in [0, 0.1) is 28.4 Å². The number of hydrogen-bond donors (Lipinski definition) is 3. The van der Waals surface area contributed by atoms with E-state index in [1.807, 2.05) is 17.5 Å². The summed E-state index contributed by atoms with van der Waals surface area (Å²) in [6, 6.07) is 11.0. The van der Waals surface area contributed by atoms with E-state index in [1.54, 1.807) is 17.0 Å². The number of carbonyl (C=O) groups is 1. The molecular weight excluding hydrogens is 392 g/mol. The minimum Gasteiger partial charge on any atom is -0.444 e. The second kappa shape index (κ2) is 9.05. The van der Waals surface area contributed by atoms with Gasteiger partial charge in [0.05, 0.1) is 11.3 Å². The number of halogens is 2. The number of alkyl carbamates (subject to hydrolysis) is 1. The smallest absolute Gasteiger partial charge is 0.414 e. The predicted molar refractivity (Wildman–Crippen MR) is 108 cm³/mol. The summed E-state index contributed by atoms with van der Waals surface area (Å²) in [6.07, 6.45) is 1.54. The standard InChI is InChI=1S/C21H19F2N5O2/c22-17-5-3-13(4-6-17)14-7-9-28(10-8-14)19-15(11-24)1-2-16(18(19)23)12-30-21(29)27-20(25)26/h1-7H,8-10,12H2,(H4,25,26,27,29). The first-order valence-electron chi connectivity index (χ1n) is 9.08. The molecule has 154 valence electrons. The maximum Gasteiger partial charge on any atom is 0.414 e. The average Bonchev–Trinajstić information content (AvgIpc) is 2.73. The molecule has 1 heterocycles. The lowest BCUT2D eigenvalue weighted by atomic mass is 9.98. The first kappa shape index (κ1) is 20.8. The zero-order valence-electron chi connectivity index (χ0n) is 15.9. The Morgan fingerprint density at radius 3 is 2.60 bits per heavy atom. The lowest BCUT2D eigenvalue weighted by molar-refractivity contribution is 0.143. The van der Waals surface area contributed by atoms with E-state index in [0.29, 0.717) is 19.5 Å². The van der Waals surface area contributed by atoms with E-state index < -0.39 is 17.9 Å². The Balaban J connectivity index is 1.79. The molecule has 0 atom stereocenters. The van der Waals surface area contributed by atoms with Gasteiger partial charge in [0, 0.05) is 18.7 Å². The molecule has 0 spiro atoms. The summed E-state index contributed by atoms with van der Waals surface area (Å²) in [5, 5.41) is 18.3. The van der Waals surface area contributed by atoms with Gasteiger partial charge in [-0.15, -0.1) is 0 Å². The van der Waals surface area contributed by atoms with Gasteiger partial charge in [-0.2, -0.15) is 5.26 Å². The molecule has 3 rings (SSSR count). The molecule has 4 N–H and O–H groups in total. The fraction of sp³-hybridized carbons (Fsp3) is 0.190. The Morgan fingerprint density at radius 2 is 2.00 bits per heavy atom. The molecular formula is C21H19F2N5O2. The van der Waals surface area contributed by atoms with Crippen LogP contribution < -0.4 is 16.0 Å². The van der Waals surface area contributed by atoms with Crippen molar-refractivity contribution >= 4 is 23.3 Å². The number of carbonyl (C=O) groups excluding carboxylic acids is 1. The summed E-state index contributed by atoms with van der Waals surface area (Å²) >= 11 is 0. The molecule has 0 saturated heterocycles. The fourth-order valence-corrected chi connectivity index (χ4v) is 3.20. The molecule has 9 heteroatoms. The van der Waals surface area contributed by atoms with E-state index in [1.165, 1.54) is 24.3 Å². The van der Waals surface area contributed by atoms with E-state index in [2.05, 4.69) is 0 Å². The molecule has 30 heavy (non-hydrogen) atoms. The molecule has 1 aliphatic rings. The molecule has 2 aromatic rings. The fourth-order valence-electron chi connectivity index (χ4n) is 3.20. The Labute approximate surface area is 171 Å². The third kappa shape index (κ3) is 4.72. The highest BCUT2D eigenvalue weighted by molar-refractivity contribution is 5.90. The molecule has 7 nitrogen and oxygen atoms in total. The topological polar surface area (TPSA) is 115 Å². The van der Waals surface area contributed by atoms with Crippen LogP contribution in [0.1, 0.15) is 23.1 Å². The lowest BCUT2D eigenvalue weighted by Gasteiger charge is -2.30. The Morgan fingerprint density at radius 1 is 1.27 bits per heavy atom. The van der Waals surface area contributed by atoms with E-state index in [9.17, 15) is 14.4 Å². The monoisotopic (exact) mass is 411 g/mol. The van der Waals surface area contributed by atoms with Gasteiger partial charge in [-0.1, -0.05) is 24.3 Å². The van der Waals surface area contributed by atoms with Gasteiger partial charge < -0.3 is 15.4 Å². The van der Waals surface area contributed by atoms with Gasteiger partial charge in [0.1, 0.15) is 18.5 Å². The molecule has 1 amide bonds. The molecule has 0 bridgehead atoms. The molecule has 1 aliphatic heterocycles. The summed E-state index contributed by atoms with van der Waals surface area (Å²) in [5.41, 5.74) is 7.36. The second-order valence-corrected chi connectivity index (χ2v) is 6.59. The zero-order chi connectivity index (χ0) is 21.7. The number of ether oxygens (including phenoxy) is 1. The van der Waals surface area contributed by atoms with Crippen LogP contribution in [0.4, 0.5) is 19.3 Å². The second-order valence-electron chi connectivity index (χ2n) is 6.59. The van der Waals surface area contributed by atoms with Crippen LogP contribution >= 0.6 is 0 Å². The van der Waals surface area contributed by atoms with Gasteiger partial charge >= 0.3 is 6.09 Å². The van der Waals surface area contributed by atoms with Crippen molar-refractivity contribution in [1.82, 2.24) is 5.32 Å². The Bertz CT molecular complexity index is 1040. The number of guanidine groups is 1. The predicted octanol–water partition coefficient (Wildman–Crippen LogP) is 3.25. The number of nitriles is 1. The summed E-state index contributed by atoms with van der Waals surface area (Å²) in [6.45, 7) is 0.450. The minimum absolute atomic E-state index is 0.0935. The number of nitrogens with zero attached hydrogens (tertiary/aromatic N) is 2. The molecule has 0 fully saturated rings. The van der Waals surface area contributed by atoms with Gasteiger partial charge in [-0.3, -0.25) is 10.7 Å². The van der Waals surface area contributed by atoms with Crippen molar-refractivity contribution in [2.75, 3.05) is 18.0 Å². The van der Waals surface area contributed by atoms with Crippen molar-refractivity contribution in [3.8, 4) is 6.07 Å². The molecule has 0 unspecified atom stereocenters. The van der Waals surface area contributed by atoms with Gasteiger partial charge in [0.25, 0.3) is 0 Å². The summed E-state index contributed by atoms with van der Waals surface area (Å²) < 4.78 is 33.1. The first-order valence-corrected chi connectivity index (χ1v) is 9.08. The van der Waals surface area contributed by atoms with E-state index in [-0.39, 0.29) is 29.2 Å². The van der Waals surface area contributed by atoms with Crippen LogP contribution in [0.25, 0.3) is 5.57 Å². The van der Waals surface area contributed by atoms with Gasteiger partial charge in [0.2, 0.25) is 0 Å². The van der Waals surface area contributed by atoms with Crippen molar-refractivity contribution in [2.24, 2.45) is 5.73 Å². The highest BCUT2D eigenvalue weighted by Crippen LogP contribution is 2.31. The number of nitrogens with one attached hydrogen (secondary N) is 2. The van der Waals surface area contributed by atoms with E-state index >= 15 is 4.39 Å². The van der Waals surface area contributed by atoms with Crippen molar-refractivity contribution in [2.45, 2.75) is 13.0 Å². The van der Waals surface area contributed by atoms with Crippen LogP contribution in [0.3, 0.4) is 0 Å².